The van der Waals surface area contributed by atoms with Gasteiger partial charge in [0.05, 0.1) is 16.3 Å². The van der Waals surface area contributed by atoms with E-state index < -0.39 is 0 Å². The molecule has 4 nitrogen and oxygen atoms in total. The van der Waals surface area contributed by atoms with Crippen LogP contribution >= 0.6 is 11.6 Å². The summed E-state index contributed by atoms with van der Waals surface area (Å²) >= 11 is 6.39. The molecule has 0 saturated carbocycles. The summed E-state index contributed by atoms with van der Waals surface area (Å²) < 4.78 is 0. The maximum absolute atomic E-state index is 13.8. The number of rotatable bonds is 3. The highest BCUT2D eigenvalue weighted by Gasteiger charge is 2.44. The van der Waals surface area contributed by atoms with Crippen LogP contribution in [-0.2, 0) is 16.0 Å². The van der Waals surface area contributed by atoms with Crippen LogP contribution in [0.5, 0.6) is 0 Å². The molecule has 0 spiro atoms. The number of fused-ring (bicyclic) bond motifs is 1. The van der Waals surface area contributed by atoms with E-state index in [0.29, 0.717) is 28.5 Å². The number of halogens is 1. The van der Waals surface area contributed by atoms with Gasteiger partial charge in [-0.15, -0.1) is 0 Å². The molecule has 0 aromatic heterocycles. The van der Waals surface area contributed by atoms with Crippen LogP contribution in [0.1, 0.15) is 23.1 Å². The number of imide groups is 1. The Kier molecular flexibility index (Phi) is 4.87. The molecule has 0 aliphatic carbocycles. The van der Waals surface area contributed by atoms with E-state index in [9.17, 15) is 9.59 Å². The van der Waals surface area contributed by atoms with Crippen LogP contribution in [0.25, 0.3) is 5.57 Å². The molecule has 0 radical (unpaired) electrons. The zero-order chi connectivity index (χ0) is 21.5. The van der Waals surface area contributed by atoms with Gasteiger partial charge in [-0.3, -0.25) is 9.59 Å². The lowest BCUT2D eigenvalue weighted by atomic mass is 9.98. The maximum Gasteiger partial charge on any atom is 0.282 e. The largest absolute Gasteiger partial charge is 0.336 e. The minimum absolute atomic E-state index is 0.342. The SMILES string of the molecule is Cc1ccc(C2=C(N3CCCc4ccccc43)C(=O)N(c3ccccc3Cl)C2=O)cc1. The van der Waals surface area contributed by atoms with Crippen molar-refractivity contribution in [3.8, 4) is 0 Å². The van der Waals surface area contributed by atoms with Gasteiger partial charge < -0.3 is 4.90 Å². The standard InChI is InChI=1S/C26H21ClN2O2/c1-17-12-14-19(15-13-17)23-24(28-16-6-8-18-7-2-4-10-21(18)28)26(31)29(25(23)30)22-11-5-3-9-20(22)27/h2-5,7,9-15H,6,8,16H2,1H3. The quantitative estimate of drug-likeness (QED) is 0.525. The van der Waals surface area contributed by atoms with E-state index in [1.807, 2.05) is 54.3 Å². The summed E-state index contributed by atoms with van der Waals surface area (Å²) in [5.41, 5.74) is 5.23. The Morgan fingerprint density at radius 2 is 1.48 bits per heavy atom. The first kappa shape index (κ1) is 19.6. The van der Waals surface area contributed by atoms with Crippen molar-refractivity contribution >= 4 is 40.4 Å². The lowest BCUT2D eigenvalue weighted by Gasteiger charge is -2.32. The molecular formula is C26H21ClN2O2. The monoisotopic (exact) mass is 428 g/mol. The minimum atomic E-state index is -0.347. The Morgan fingerprint density at radius 1 is 0.806 bits per heavy atom. The van der Waals surface area contributed by atoms with E-state index in [0.717, 1.165) is 29.7 Å². The van der Waals surface area contributed by atoms with Gasteiger partial charge in [-0.1, -0.05) is 71.8 Å². The van der Waals surface area contributed by atoms with Crippen LogP contribution in [-0.4, -0.2) is 18.4 Å². The molecule has 2 aliphatic heterocycles. The second-order valence-electron chi connectivity index (χ2n) is 7.87. The molecule has 5 rings (SSSR count). The number of carbonyl (C=O) groups excluding carboxylic acids is 2. The van der Waals surface area contributed by atoms with Gasteiger partial charge in [-0.05, 0) is 49.1 Å². The molecule has 3 aromatic carbocycles. The highest BCUT2D eigenvalue weighted by Crippen LogP contribution is 2.40. The third-order valence-corrected chi connectivity index (χ3v) is 6.19. The van der Waals surface area contributed by atoms with Crippen LogP contribution in [0, 0.1) is 6.92 Å². The number of nitrogens with zero attached hydrogens (tertiary/aromatic N) is 2. The van der Waals surface area contributed by atoms with Gasteiger partial charge in [0.2, 0.25) is 0 Å². The number of aryl methyl sites for hydroxylation is 2. The Bertz CT molecular complexity index is 1230. The summed E-state index contributed by atoms with van der Waals surface area (Å²) in [4.78, 5) is 30.7. The van der Waals surface area contributed by atoms with Crippen molar-refractivity contribution in [2.24, 2.45) is 0 Å². The molecule has 0 fully saturated rings. The van der Waals surface area contributed by atoms with E-state index in [4.69, 9.17) is 11.6 Å². The molecule has 0 saturated heterocycles. The topological polar surface area (TPSA) is 40.6 Å². The smallest absolute Gasteiger partial charge is 0.282 e. The van der Waals surface area contributed by atoms with Crippen molar-refractivity contribution in [2.45, 2.75) is 19.8 Å². The Labute approximate surface area is 186 Å². The van der Waals surface area contributed by atoms with Gasteiger partial charge in [0.1, 0.15) is 5.70 Å². The number of anilines is 2. The summed E-state index contributed by atoms with van der Waals surface area (Å²) in [7, 11) is 0. The summed E-state index contributed by atoms with van der Waals surface area (Å²) in [6.45, 7) is 2.68. The molecular weight excluding hydrogens is 408 g/mol. The Hall–Kier alpha value is -3.37. The van der Waals surface area contributed by atoms with Crippen LogP contribution in [0.2, 0.25) is 5.02 Å². The lowest BCUT2D eigenvalue weighted by Crippen LogP contribution is -2.37. The second kappa shape index (κ2) is 7.71. The van der Waals surface area contributed by atoms with Crippen molar-refractivity contribution < 1.29 is 9.59 Å². The second-order valence-corrected chi connectivity index (χ2v) is 8.28. The number of benzene rings is 3. The molecule has 2 amide bonds. The van der Waals surface area contributed by atoms with Crippen molar-refractivity contribution in [1.29, 1.82) is 0 Å². The maximum atomic E-state index is 13.8. The molecule has 0 unspecified atom stereocenters. The Morgan fingerprint density at radius 3 is 2.23 bits per heavy atom. The van der Waals surface area contributed by atoms with Crippen LogP contribution in [0.4, 0.5) is 11.4 Å². The molecule has 0 bridgehead atoms. The van der Waals surface area contributed by atoms with Gasteiger partial charge in [0, 0.05) is 12.2 Å². The third kappa shape index (κ3) is 3.24. The molecule has 31 heavy (non-hydrogen) atoms. The Balaban J connectivity index is 1.72. The summed E-state index contributed by atoms with van der Waals surface area (Å²) in [6.07, 6.45) is 1.87. The first-order valence-corrected chi connectivity index (χ1v) is 10.7. The number of para-hydroxylation sites is 2. The van der Waals surface area contributed by atoms with E-state index >= 15 is 0 Å². The van der Waals surface area contributed by atoms with E-state index in [1.54, 1.807) is 24.3 Å². The van der Waals surface area contributed by atoms with Gasteiger partial charge in [0.15, 0.2) is 0 Å². The zero-order valence-electron chi connectivity index (χ0n) is 17.1. The molecule has 154 valence electrons. The molecule has 2 aliphatic rings. The number of amides is 2. The first-order valence-electron chi connectivity index (χ1n) is 10.4. The van der Waals surface area contributed by atoms with Gasteiger partial charge in [-0.2, -0.15) is 0 Å². The summed E-state index contributed by atoms with van der Waals surface area (Å²) in [6, 6.07) is 22.8. The first-order chi connectivity index (χ1) is 15.1. The van der Waals surface area contributed by atoms with E-state index in [-0.39, 0.29) is 11.8 Å². The van der Waals surface area contributed by atoms with Crippen molar-refractivity contribution in [3.05, 3.63) is 100 Å². The zero-order valence-corrected chi connectivity index (χ0v) is 17.9. The highest BCUT2D eigenvalue weighted by atomic mass is 35.5. The molecule has 5 heteroatoms. The van der Waals surface area contributed by atoms with Gasteiger partial charge in [0.25, 0.3) is 11.8 Å². The van der Waals surface area contributed by atoms with Gasteiger partial charge >= 0.3 is 0 Å². The van der Waals surface area contributed by atoms with Crippen molar-refractivity contribution in [1.82, 2.24) is 0 Å². The van der Waals surface area contributed by atoms with E-state index in [2.05, 4.69) is 6.07 Å². The predicted molar refractivity (Wildman–Crippen MR) is 124 cm³/mol. The normalized spacial score (nSPS) is 16.2. The molecule has 0 N–H and O–H groups in total. The predicted octanol–water partition coefficient (Wildman–Crippen LogP) is 5.39. The highest BCUT2D eigenvalue weighted by molar-refractivity contribution is 6.48. The lowest BCUT2D eigenvalue weighted by molar-refractivity contribution is -0.120. The average molecular weight is 429 g/mol. The fraction of sp³-hybridized carbons (Fsp3) is 0.154. The van der Waals surface area contributed by atoms with E-state index in [1.165, 1.54) is 10.5 Å². The van der Waals surface area contributed by atoms with Gasteiger partial charge in [-0.25, -0.2) is 4.90 Å². The third-order valence-electron chi connectivity index (χ3n) is 5.87. The molecule has 0 atom stereocenters. The van der Waals surface area contributed by atoms with Crippen LogP contribution in [0.15, 0.2) is 78.5 Å². The van der Waals surface area contributed by atoms with Crippen molar-refractivity contribution in [3.63, 3.8) is 0 Å². The molecule has 2 heterocycles. The fourth-order valence-corrected chi connectivity index (χ4v) is 4.59. The van der Waals surface area contributed by atoms with Crippen molar-refractivity contribution in [2.75, 3.05) is 16.3 Å². The minimum Gasteiger partial charge on any atom is -0.336 e. The molecule has 3 aromatic rings. The fourth-order valence-electron chi connectivity index (χ4n) is 4.37. The number of carbonyl (C=O) groups is 2. The number of hydrogen-bond donors (Lipinski definition) is 0. The average Bonchev–Trinajstić information content (AvgIpc) is 3.04. The van der Waals surface area contributed by atoms with Crippen LogP contribution < -0.4 is 9.80 Å². The summed E-state index contributed by atoms with van der Waals surface area (Å²) in [5.74, 6) is -0.689. The van der Waals surface area contributed by atoms with Crippen LogP contribution in [0.3, 0.4) is 0 Å². The summed E-state index contributed by atoms with van der Waals surface area (Å²) in [5, 5.41) is 0.368. The number of hydrogen-bond acceptors (Lipinski definition) is 3.